The molecule has 1 aromatic carbocycles. The Hall–Kier alpha value is -2.88. The highest BCUT2D eigenvalue weighted by molar-refractivity contribution is 5.92. The topological polar surface area (TPSA) is 77.9 Å². The Morgan fingerprint density at radius 2 is 2.03 bits per heavy atom. The van der Waals surface area contributed by atoms with Crippen molar-refractivity contribution in [3.63, 3.8) is 0 Å². The first-order valence-corrected chi connectivity index (χ1v) is 8.51. The Morgan fingerprint density at radius 3 is 2.62 bits per heavy atom. The van der Waals surface area contributed by atoms with Crippen molar-refractivity contribution in [2.45, 2.75) is 32.0 Å². The van der Waals surface area contributed by atoms with Crippen LogP contribution in [0.4, 0.5) is 17.6 Å². The monoisotopic (exact) mass is 415 g/mol. The van der Waals surface area contributed by atoms with Crippen LogP contribution in [0.25, 0.3) is 11.3 Å². The van der Waals surface area contributed by atoms with Gasteiger partial charge in [0.1, 0.15) is 11.5 Å². The first-order chi connectivity index (χ1) is 13.6. The molecule has 1 aliphatic heterocycles. The lowest BCUT2D eigenvalue weighted by molar-refractivity contribution is -0.326. The van der Waals surface area contributed by atoms with Gasteiger partial charge in [-0.2, -0.15) is 8.78 Å². The lowest BCUT2D eigenvalue weighted by atomic mass is 9.89. The fourth-order valence-corrected chi connectivity index (χ4v) is 3.00. The van der Waals surface area contributed by atoms with E-state index in [2.05, 4.69) is 4.98 Å². The summed E-state index contributed by atoms with van der Waals surface area (Å²) in [7, 11) is 1.31. The second-order valence-corrected chi connectivity index (χ2v) is 6.27. The fourth-order valence-electron chi connectivity index (χ4n) is 3.00. The van der Waals surface area contributed by atoms with Gasteiger partial charge in [-0.25, -0.2) is 13.6 Å². The van der Waals surface area contributed by atoms with Gasteiger partial charge in [0.05, 0.1) is 36.2 Å². The van der Waals surface area contributed by atoms with E-state index >= 15 is 0 Å². The SMILES string of the molecule is CCOC(=O)c1cc2c(nc1C)-c1ccc(OC)cc1OC2(O)C(F)(F)C(F)F. The van der Waals surface area contributed by atoms with Crippen LogP contribution in [0.2, 0.25) is 0 Å². The molecule has 1 unspecified atom stereocenters. The molecule has 0 fully saturated rings. The normalized spacial score (nSPS) is 18.0. The molecule has 29 heavy (non-hydrogen) atoms. The number of fused-ring (bicyclic) bond motifs is 3. The van der Waals surface area contributed by atoms with Crippen LogP contribution in [-0.4, -0.2) is 42.1 Å². The molecule has 156 valence electrons. The molecule has 0 radical (unpaired) electrons. The van der Waals surface area contributed by atoms with Gasteiger partial charge < -0.3 is 19.3 Å². The van der Waals surface area contributed by atoms with Gasteiger partial charge in [-0.3, -0.25) is 4.98 Å². The molecule has 0 aliphatic carbocycles. The highest BCUT2D eigenvalue weighted by Gasteiger charge is 2.65. The number of carbonyl (C=O) groups is 1. The van der Waals surface area contributed by atoms with Crippen LogP contribution < -0.4 is 9.47 Å². The molecule has 0 bridgehead atoms. The van der Waals surface area contributed by atoms with Crippen LogP contribution in [0.1, 0.15) is 28.5 Å². The number of methoxy groups -OCH3 is 1. The summed E-state index contributed by atoms with van der Waals surface area (Å²) in [6.07, 6.45) is -4.26. The fraction of sp³-hybridized carbons (Fsp3) is 0.368. The first-order valence-electron chi connectivity index (χ1n) is 8.51. The summed E-state index contributed by atoms with van der Waals surface area (Å²) in [4.78, 5) is 16.3. The number of ether oxygens (including phenoxy) is 3. The minimum atomic E-state index is -5.02. The number of aliphatic hydroxyl groups is 1. The highest BCUT2D eigenvalue weighted by atomic mass is 19.3. The summed E-state index contributed by atoms with van der Waals surface area (Å²) in [5.41, 5.74) is -0.978. The van der Waals surface area contributed by atoms with Crippen LogP contribution in [-0.2, 0) is 10.5 Å². The largest absolute Gasteiger partial charge is 0.497 e. The molecule has 0 saturated carbocycles. The van der Waals surface area contributed by atoms with Crippen molar-refractivity contribution in [1.82, 2.24) is 4.98 Å². The number of benzene rings is 1. The molecule has 1 N–H and O–H groups in total. The molecule has 10 heteroatoms. The van der Waals surface area contributed by atoms with Crippen LogP contribution in [0.3, 0.4) is 0 Å². The van der Waals surface area contributed by atoms with Crippen molar-refractivity contribution in [3.8, 4) is 22.8 Å². The number of carbonyl (C=O) groups excluding carboxylic acids is 1. The average molecular weight is 415 g/mol. The predicted molar refractivity (Wildman–Crippen MR) is 92.4 cm³/mol. The molecule has 0 amide bonds. The van der Waals surface area contributed by atoms with E-state index < -0.39 is 29.7 Å². The van der Waals surface area contributed by atoms with Crippen molar-refractivity contribution in [1.29, 1.82) is 0 Å². The Kier molecular flexibility index (Phi) is 5.16. The van der Waals surface area contributed by atoms with Crippen LogP contribution in [0.15, 0.2) is 24.3 Å². The smallest absolute Gasteiger partial charge is 0.375 e. The van der Waals surface area contributed by atoms with Gasteiger partial charge in [-0.05, 0) is 32.0 Å². The predicted octanol–water partition coefficient (Wildman–Crippen LogP) is 3.68. The maximum absolute atomic E-state index is 14.5. The van der Waals surface area contributed by atoms with E-state index in [1.54, 1.807) is 0 Å². The molecule has 2 aromatic rings. The van der Waals surface area contributed by atoms with Crippen molar-refractivity contribution < 1.29 is 41.7 Å². The van der Waals surface area contributed by atoms with Gasteiger partial charge in [0.15, 0.2) is 0 Å². The van der Waals surface area contributed by atoms with Crippen LogP contribution in [0.5, 0.6) is 11.5 Å². The quantitative estimate of drug-likeness (QED) is 0.593. The minimum Gasteiger partial charge on any atom is -0.497 e. The third kappa shape index (κ3) is 3.17. The van der Waals surface area contributed by atoms with E-state index in [0.29, 0.717) is 0 Å². The third-order valence-electron chi connectivity index (χ3n) is 4.50. The summed E-state index contributed by atoms with van der Waals surface area (Å²) in [6.45, 7) is 2.95. The number of hydrogen-bond donors (Lipinski definition) is 1. The second-order valence-electron chi connectivity index (χ2n) is 6.27. The lowest BCUT2D eigenvalue weighted by Crippen LogP contribution is -2.55. The van der Waals surface area contributed by atoms with Crippen molar-refractivity contribution in [2.75, 3.05) is 13.7 Å². The van der Waals surface area contributed by atoms with Crippen LogP contribution >= 0.6 is 0 Å². The van der Waals surface area contributed by atoms with Gasteiger partial charge in [0, 0.05) is 11.6 Å². The molecular formula is C19H17F4NO5. The van der Waals surface area contributed by atoms with E-state index in [-0.39, 0.29) is 40.6 Å². The summed E-state index contributed by atoms with van der Waals surface area (Å²) >= 11 is 0. The second kappa shape index (κ2) is 7.18. The Balaban J connectivity index is 2.33. The van der Waals surface area contributed by atoms with Gasteiger partial charge >= 0.3 is 24.1 Å². The van der Waals surface area contributed by atoms with E-state index in [1.165, 1.54) is 39.2 Å². The zero-order valence-corrected chi connectivity index (χ0v) is 15.6. The Bertz CT molecular complexity index is 966. The highest BCUT2D eigenvalue weighted by Crippen LogP contribution is 2.52. The first kappa shape index (κ1) is 20.8. The summed E-state index contributed by atoms with van der Waals surface area (Å²) < 4.78 is 70.1. The van der Waals surface area contributed by atoms with E-state index in [9.17, 15) is 27.5 Å². The molecule has 3 rings (SSSR count). The summed E-state index contributed by atoms with van der Waals surface area (Å²) in [5, 5.41) is 10.7. The number of hydrogen-bond acceptors (Lipinski definition) is 6. The number of aryl methyl sites for hydroxylation is 1. The molecule has 1 aromatic heterocycles. The lowest BCUT2D eigenvalue weighted by Gasteiger charge is -2.39. The number of halogens is 4. The van der Waals surface area contributed by atoms with Gasteiger partial charge in [-0.15, -0.1) is 0 Å². The average Bonchev–Trinajstić information content (AvgIpc) is 2.67. The van der Waals surface area contributed by atoms with Crippen molar-refractivity contribution in [3.05, 3.63) is 41.1 Å². The molecule has 2 heterocycles. The molecule has 0 spiro atoms. The number of nitrogens with zero attached hydrogens (tertiary/aromatic N) is 1. The maximum Gasteiger partial charge on any atom is 0.375 e. The summed E-state index contributed by atoms with van der Waals surface area (Å²) in [5.74, 6) is -9.84. The van der Waals surface area contributed by atoms with Gasteiger partial charge in [0.2, 0.25) is 0 Å². The van der Waals surface area contributed by atoms with E-state index in [4.69, 9.17) is 14.2 Å². The molecule has 0 saturated heterocycles. The number of pyridine rings is 1. The number of aromatic nitrogens is 1. The minimum absolute atomic E-state index is 0.00799. The van der Waals surface area contributed by atoms with E-state index in [0.717, 1.165) is 6.07 Å². The van der Waals surface area contributed by atoms with E-state index in [1.807, 2.05) is 0 Å². The summed E-state index contributed by atoms with van der Waals surface area (Å²) in [6, 6.07) is 4.92. The molecular weight excluding hydrogens is 398 g/mol. The zero-order chi connectivity index (χ0) is 21.6. The van der Waals surface area contributed by atoms with Crippen molar-refractivity contribution >= 4 is 5.97 Å². The standard InChI is InChI=1S/C19H17F4NO5/c1-4-28-16(25)12-8-13-15(24-9(12)2)11-6-5-10(27-3)7-14(11)29-19(13,26)18(22,23)17(20)21/h5-8,17,26H,4H2,1-3H3. The Morgan fingerprint density at radius 1 is 1.34 bits per heavy atom. The van der Waals surface area contributed by atoms with Gasteiger partial charge in [-0.1, -0.05) is 0 Å². The van der Waals surface area contributed by atoms with Gasteiger partial charge in [0.25, 0.3) is 0 Å². The number of alkyl halides is 4. The number of rotatable bonds is 5. The Labute approximate surface area is 163 Å². The maximum atomic E-state index is 14.5. The third-order valence-corrected chi connectivity index (χ3v) is 4.50. The number of esters is 1. The van der Waals surface area contributed by atoms with Crippen LogP contribution in [0, 0.1) is 6.92 Å². The zero-order valence-electron chi connectivity index (χ0n) is 15.6. The van der Waals surface area contributed by atoms with Crippen molar-refractivity contribution in [2.24, 2.45) is 0 Å². The molecule has 1 atom stereocenters. The molecule has 6 nitrogen and oxygen atoms in total. The molecule has 1 aliphatic rings.